The molecule has 0 aromatic carbocycles. The lowest BCUT2D eigenvalue weighted by molar-refractivity contribution is -0.120. The van der Waals surface area contributed by atoms with Crippen molar-refractivity contribution in [2.45, 2.75) is 13.0 Å². The summed E-state index contributed by atoms with van der Waals surface area (Å²) in [4.78, 5) is 27.2. The van der Waals surface area contributed by atoms with Gasteiger partial charge in [-0.2, -0.15) is 12.8 Å². The van der Waals surface area contributed by atoms with Crippen LogP contribution in [-0.2, 0) is 25.7 Å². The maximum atomic E-state index is 13.9. The van der Waals surface area contributed by atoms with E-state index in [1.54, 1.807) is 0 Å². The number of nitrogens with one attached hydrogen (secondary N) is 1. The molecule has 0 radical (unpaired) electrons. The number of anilines is 1. The summed E-state index contributed by atoms with van der Waals surface area (Å²) in [6, 6.07) is 1.89. The van der Waals surface area contributed by atoms with Gasteiger partial charge in [0.05, 0.1) is 11.9 Å². The van der Waals surface area contributed by atoms with E-state index in [1.807, 2.05) is 0 Å². The van der Waals surface area contributed by atoms with E-state index < -0.39 is 34.6 Å². The highest BCUT2D eigenvalue weighted by molar-refractivity contribution is 7.85. The number of aromatic nitrogens is 1. The summed E-state index contributed by atoms with van der Waals surface area (Å²) in [5.74, 6) is -1.38. The Labute approximate surface area is 120 Å². The van der Waals surface area contributed by atoms with Crippen molar-refractivity contribution < 1.29 is 26.6 Å². The van der Waals surface area contributed by atoms with E-state index >= 15 is 0 Å². The topological polar surface area (TPSA) is 106 Å². The van der Waals surface area contributed by atoms with Gasteiger partial charge >= 0.3 is 6.03 Å². The van der Waals surface area contributed by atoms with Crippen molar-refractivity contribution in [1.29, 1.82) is 0 Å². The van der Waals surface area contributed by atoms with Gasteiger partial charge in [0.25, 0.3) is 10.1 Å². The van der Waals surface area contributed by atoms with Gasteiger partial charge < -0.3 is 0 Å². The van der Waals surface area contributed by atoms with Crippen molar-refractivity contribution in [1.82, 2.24) is 10.3 Å². The van der Waals surface area contributed by atoms with Gasteiger partial charge in [-0.25, -0.2) is 9.78 Å². The maximum absolute atomic E-state index is 13.9. The molecule has 0 saturated carbocycles. The van der Waals surface area contributed by atoms with E-state index in [9.17, 15) is 22.4 Å². The minimum atomic E-state index is -3.66. The predicted octanol–water partition coefficient (Wildman–Crippen LogP) is 0.143. The van der Waals surface area contributed by atoms with Crippen molar-refractivity contribution in [3.8, 4) is 0 Å². The van der Waals surface area contributed by atoms with Crippen LogP contribution in [0.4, 0.5) is 14.9 Å². The second-order valence-electron chi connectivity index (χ2n) is 4.33. The van der Waals surface area contributed by atoms with Crippen LogP contribution in [0.3, 0.4) is 0 Å². The number of rotatable bonds is 4. The third-order valence-electron chi connectivity index (χ3n) is 2.65. The van der Waals surface area contributed by atoms with E-state index in [0.717, 1.165) is 11.2 Å². The Balaban J connectivity index is 2.16. The third-order valence-corrected chi connectivity index (χ3v) is 3.20. The van der Waals surface area contributed by atoms with Gasteiger partial charge in [0.15, 0.2) is 0 Å². The van der Waals surface area contributed by atoms with Crippen molar-refractivity contribution >= 4 is 27.7 Å². The number of halogens is 1. The van der Waals surface area contributed by atoms with E-state index in [-0.39, 0.29) is 24.3 Å². The summed E-state index contributed by atoms with van der Waals surface area (Å²) in [5.41, 5.74) is -0.0294. The van der Waals surface area contributed by atoms with Crippen LogP contribution in [0.2, 0.25) is 0 Å². The van der Waals surface area contributed by atoms with Crippen LogP contribution in [0.25, 0.3) is 0 Å². The van der Waals surface area contributed by atoms with Crippen LogP contribution in [0, 0.1) is 5.95 Å². The minimum Gasteiger partial charge on any atom is -0.289 e. The first-order valence-electron chi connectivity index (χ1n) is 5.87. The molecular weight excluding hydrogens is 305 g/mol. The molecule has 2 rings (SSSR count). The number of carbonyl (C=O) groups excluding carboxylic acids is 2. The number of nitrogens with zero attached hydrogens (tertiary/aromatic N) is 2. The van der Waals surface area contributed by atoms with E-state index in [1.165, 1.54) is 12.1 Å². The summed E-state index contributed by atoms with van der Waals surface area (Å²) >= 11 is 0. The van der Waals surface area contributed by atoms with Crippen LogP contribution in [0.1, 0.15) is 12.1 Å². The summed E-state index contributed by atoms with van der Waals surface area (Å²) in [7, 11) is -3.66. The lowest BCUT2D eigenvalue weighted by atomic mass is 10.2. The Morgan fingerprint density at radius 3 is 2.71 bits per heavy atom. The molecule has 1 saturated heterocycles. The number of carbonyl (C=O) groups is 2. The zero-order valence-corrected chi connectivity index (χ0v) is 11.8. The largest absolute Gasteiger partial charge is 0.328 e. The quantitative estimate of drug-likeness (QED) is 0.625. The molecule has 1 fully saturated rings. The standard InChI is InChI=1S/C11H12FN3O5S/c1-21(18,19)20-6-7-2-3-8(10(12)13-7)15-5-4-9(16)14-11(15)17/h2-3H,4-6H2,1H3,(H,14,16,17). The molecule has 1 aliphatic rings. The van der Waals surface area contributed by atoms with Crippen LogP contribution in [0.5, 0.6) is 0 Å². The molecule has 1 N–H and O–H groups in total. The molecule has 0 unspecified atom stereocenters. The van der Waals surface area contributed by atoms with Gasteiger partial charge in [0, 0.05) is 13.0 Å². The van der Waals surface area contributed by atoms with Gasteiger partial charge in [-0.15, -0.1) is 0 Å². The molecule has 1 aromatic rings. The fourth-order valence-electron chi connectivity index (χ4n) is 1.71. The van der Waals surface area contributed by atoms with Crippen molar-refractivity contribution in [3.05, 3.63) is 23.8 Å². The highest BCUT2D eigenvalue weighted by atomic mass is 32.2. The molecule has 1 aliphatic heterocycles. The van der Waals surface area contributed by atoms with Crippen LogP contribution >= 0.6 is 0 Å². The summed E-state index contributed by atoms with van der Waals surface area (Å²) in [6.45, 7) is -0.358. The van der Waals surface area contributed by atoms with Gasteiger partial charge in [-0.3, -0.25) is 19.2 Å². The molecule has 0 spiro atoms. The number of amides is 3. The molecule has 0 atom stereocenters. The Morgan fingerprint density at radius 2 is 2.14 bits per heavy atom. The van der Waals surface area contributed by atoms with Crippen molar-refractivity contribution in [3.63, 3.8) is 0 Å². The Hall–Kier alpha value is -2.07. The number of hydrogen-bond donors (Lipinski definition) is 1. The molecule has 8 nitrogen and oxygen atoms in total. The normalized spacial score (nSPS) is 16.0. The molecule has 21 heavy (non-hydrogen) atoms. The molecule has 1 aromatic heterocycles. The number of imide groups is 1. The number of urea groups is 1. The van der Waals surface area contributed by atoms with Gasteiger partial charge in [0.1, 0.15) is 12.3 Å². The summed E-state index contributed by atoms with van der Waals surface area (Å²) < 4.78 is 40.1. The van der Waals surface area contributed by atoms with Crippen molar-refractivity contribution in [2.24, 2.45) is 0 Å². The molecule has 3 amide bonds. The SMILES string of the molecule is CS(=O)(=O)OCc1ccc(N2CCC(=O)NC2=O)c(F)n1. The predicted molar refractivity (Wildman–Crippen MR) is 69.3 cm³/mol. The van der Waals surface area contributed by atoms with Crippen molar-refractivity contribution in [2.75, 3.05) is 17.7 Å². The number of hydrogen-bond acceptors (Lipinski definition) is 6. The molecule has 0 bridgehead atoms. The van der Waals surface area contributed by atoms with E-state index in [0.29, 0.717) is 0 Å². The molecule has 2 heterocycles. The Bertz CT molecular complexity index is 691. The lowest BCUT2D eigenvalue weighted by Crippen LogP contribution is -2.50. The second kappa shape index (κ2) is 5.74. The summed E-state index contributed by atoms with van der Waals surface area (Å²) in [6.07, 6.45) is 0.928. The molecule has 114 valence electrons. The smallest absolute Gasteiger partial charge is 0.289 e. The lowest BCUT2D eigenvalue weighted by Gasteiger charge is -2.26. The van der Waals surface area contributed by atoms with Gasteiger partial charge in [0.2, 0.25) is 11.9 Å². The first kappa shape index (κ1) is 15.3. The Morgan fingerprint density at radius 1 is 1.43 bits per heavy atom. The zero-order chi connectivity index (χ0) is 15.6. The Kier molecular flexibility index (Phi) is 4.19. The first-order chi connectivity index (χ1) is 9.76. The fourth-order valence-corrected chi connectivity index (χ4v) is 2.04. The van der Waals surface area contributed by atoms with E-state index in [2.05, 4.69) is 14.5 Å². The van der Waals surface area contributed by atoms with Crippen LogP contribution in [-0.4, -0.2) is 38.1 Å². The maximum Gasteiger partial charge on any atom is 0.328 e. The zero-order valence-electron chi connectivity index (χ0n) is 11.0. The monoisotopic (exact) mass is 317 g/mol. The third kappa shape index (κ3) is 3.95. The van der Waals surface area contributed by atoms with Crippen LogP contribution in [0.15, 0.2) is 12.1 Å². The summed E-state index contributed by atoms with van der Waals surface area (Å²) in [5, 5.41) is 2.06. The average Bonchev–Trinajstić information content (AvgIpc) is 2.37. The molecular formula is C11H12FN3O5S. The first-order valence-corrected chi connectivity index (χ1v) is 7.69. The van der Waals surface area contributed by atoms with Crippen LogP contribution < -0.4 is 10.2 Å². The highest BCUT2D eigenvalue weighted by Gasteiger charge is 2.26. The minimum absolute atomic E-state index is 0.0441. The fraction of sp³-hybridized carbons (Fsp3) is 0.364. The highest BCUT2D eigenvalue weighted by Crippen LogP contribution is 2.20. The van der Waals surface area contributed by atoms with Gasteiger partial charge in [-0.05, 0) is 12.1 Å². The molecule has 10 heteroatoms. The number of pyridine rings is 1. The second-order valence-corrected chi connectivity index (χ2v) is 5.98. The van der Waals surface area contributed by atoms with Gasteiger partial charge in [-0.1, -0.05) is 0 Å². The van der Waals surface area contributed by atoms with E-state index in [4.69, 9.17) is 0 Å². The average molecular weight is 317 g/mol. The molecule has 0 aliphatic carbocycles.